The van der Waals surface area contributed by atoms with Crippen LogP contribution in [0.4, 0.5) is 0 Å². The minimum atomic E-state index is -3.58. The molecule has 0 bridgehead atoms. The van der Waals surface area contributed by atoms with E-state index < -0.39 is 13.7 Å². The molecule has 0 aromatic carbocycles. The average molecular weight is 359 g/mol. The molecule has 0 saturated carbocycles. The quantitative estimate of drug-likeness (QED) is 0.425. The topological polar surface area (TPSA) is 113 Å². The second-order valence-corrected chi connectivity index (χ2v) is 7.32. The zero-order valence-electron chi connectivity index (χ0n) is 13.8. The normalized spacial score (nSPS) is 20.4. The number of morpholine rings is 1. The van der Waals surface area contributed by atoms with Gasteiger partial charge in [0.25, 0.3) is 0 Å². The molecule has 1 aliphatic heterocycles. The van der Waals surface area contributed by atoms with Gasteiger partial charge in [-0.3, -0.25) is 10.1 Å². The van der Waals surface area contributed by atoms with Crippen LogP contribution < -0.4 is 10.9 Å². The molecule has 8 nitrogen and oxygen atoms in total. The van der Waals surface area contributed by atoms with E-state index in [1.807, 2.05) is 0 Å². The molecule has 2 heterocycles. The number of nitrogens with one attached hydrogen (secondary N) is 2. The lowest BCUT2D eigenvalue weighted by molar-refractivity contribution is -0.0900. The molecule has 9 heteroatoms. The Kier molecular flexibility index (Phi) is 6.91. The summed E-state index contributed by atoms with van der Waals surface area (Å²) in [6, 6.07) is 2.08. The van der Waals surface area contributed by atoms with Gasteiger partial charge in [-0.2, -0.15) is 0 Å². The predicted octanol–water partition coefficient (Wildman–Crippen LogP) is 1.07. The maximum absolute atomic E-state index is 11.4. The van der Waals surface area contributed by atoms with Crippen LogP contribution in [0.3, 0.4) is 0 Å². The number of H-pyrrole nitrogens is 1. The first-order chi connectivity index (χ1) is 11.5. The number of rotatable bonds is 7. The summed E-state index contributed by atoms with van der Waals surface area (Å²) in [5.74, 6) is 1.70. The summed E-state index contributed by atoms with van der Waals surface area (Å²) in [4.78, 5) is 34.5. The van der Waals surface area contributed by atoms with E-state index in [1.54, 1.807) is 26.1 Å². The van der Waals surface area contributed by atoms with Crippen molar-refractivity contribution >= 4 is 7.72 Å². The van der Waals surface area contributed by atoms with E-state index in [4.69, 9.17) is 14.2 Å². The van der Waals surface area contributed by atoms with Gasteiger partial charge in [-0.05, 0) is 25.5 Å². The van der Waals surface area contributed by atoms with Crippen molar-refractivity contribution in [3.05, 3.63) is 45.8 Å². The van der Waals surface area contributed by atoms with E-state index in [1.165, 1.54) is 11.9 Å². The van der Waals surface area contributed by atoms with E-state index in [9.17, 15) is 14.6 Å². The van der Waals surface area contributed by atoms with Gasteiger partial charge in [0.1, 0.15) is 12.4 Å². The van der Waals surface area contributed by atoms with Crippen LogP contribution in [-0.4, -0.2) is 47.2 Å². The van der Waals surface area contributed by atoms with Crippen LogP contribution in [0.25, 0.3) is 0 Å². The van der Waals surface area contributed by atoms with Crippen molar-refractivity contribution in [2.45, 2.75) is 25.9 Å². The van der Waals surface area contributed by atoms with E-state index in [0.717, 1.165) is 5.56 Å². The third kappa shape index (κ3) is 5.11. The van der Waals surface area contributed by atoms with Gasteiger partial charge >= 0.3 is 13.7 Å². The molecule has 134 valence electrons. The monoisotopic (exact) mass is 359 g/mol. The Morgan fingerprint density at radius 1 is 1.42 bits per heavy atom. The largest absolute Gasteiger partial charge is 0.491 e. The molecule has 1 fully saturated rings. The summed E-state index contributed by atoms with van der Waals surface area (Å²) >= 11 is 0. The van der Waals surface area contributed by atoms with E-state index in [0.29, 0.717) is 25.5 Å². The molecule has 0 radical (unpaired) electrons. The summed E-state index contributed by atoms with van der Waals surface area (Å²) < 4.78 is 16.1. The highest BCUT2D eigenvalue weighted by molar-refractivity contribution is 7.68. The van der Waals surface area contributed by atoms with Crippen molar-refractivity contribution in [1.82, 2.24) is 10.3 Å². The minimum absolute atomic E-state index is 0.135. The number of aromatic nitrogens is 1. The highest BCUT2D eigenvalue weighted by Crippen LogP contribution is 2.58. The van der Waals surface area contributed by atoms with Crippen LogP contribution >= 0.6 is 7.72 Å². The Labute approximate surface area is 141 Å². The van der Waals surface area contributed by atoms with Crippen molar-refractivity contribution in [3.8, 4) is 0 Å². The zero-order valence-corrected chi connectivity index (χ0v) is 14.7. The molecular weight excluding hydrogens is 335 g/mol. The standard InChI is InChI=1S/C15H23N2O6P/c1-3-21-15(22-4-2)24(19,20)10-12-8-17-13(9-23-12)11-5-6-16-14(18)7-11/h5-7,10,13,15,17,19-20H,3-4,8-9H2,1-2H3/p+1/t13-/m0/s1. The minimum Gasteiger partial charge on any atom is -0.491 e. The third-order valence-electron chi connectivity index (χ3n) is 3.42. The number of hydrogen-bond acceptors (Lipinski definition) is 7. The second kappa shape index (κ2) is 8.71. The molecule has 0 amide bonds. The third-order valence-corrected chi connectivity index (χ3v) is 5.01. The van der Waals surface area contributed by atoms with Crippen molar-refractivity contribution in [1.29, 1.82) is 0 Å². The fourth-order valence-electron chi connectivity index (χ4n) is 2.32. The molecule has 1 aromatic heterocycles. The first-order valence-electron chi connectivity index (χ1n) is 7.80. The van der Waals surface area contributed by atoms with Crippen LogP contribution in [0.1, 0.15) is 25.5 Å². The van der Waals surface area contributed by atoms with Crippen LogP contribution in [0.5, 0.6) is 0 Å². The Bertz CT molecular complexity index is 602. The maximum atomic E-state index is 11.4. The molecule has 1 saturated heterocycles. The number of pyridine rings is 1. The molecule has 4 N–H and O–H groups in total. The lowest BCUT2D eigenvalue weighted by atomic mass is 10.1. The summed E-state index contributed by atoms with van der Waals surface area (Å²) in [7, 11) is -3.58. The summed E-state index contributed by atoms with van der Waals surface area (Å²) in [6.45, 7) is 4.71. The summed E-state index contributed by atoms with van der Waals surface area (Å²) in [5, 5.41) is 3.21. The molecule has 0 spiro atoms. The molecular formula is C15H24N2O6P+. The average Bonchev–Trinajstić information content (AvgIpc) is 2.55. The fourth-order valence-corrected chi connectivity index (χ4v) is 3.77. The van der Waals surface area contributed by atoms with E-state index >= 15 is 0 Å². The number of aromatic amines is 1. The van der Waals surface area contributed by atoms with E-state index in [2.05, 4.69) is 10.3 Å². The Hall–Kier alpha value is -1.28. The Balaban J connectivity index is 2.01. The van der Waals surface area contributed by atoms with E-state index in [-0.39, 0.29) is 18.2 Å². The molecule has 24 heavy (non-hydrogen) atoms. The van der Waals surface area contributed by atoms with Gasteiger partial charge in [0.2, 0.25) is 5.56 Å². The molecule has 1 atom stereocenters. The summed E-state index contributed by atoms with van der Waals surface area (Å²) in [6.07, 6.45) is 1.58. The van der Waals surface area contributed by atoms with Crippen molar-refractivity contribution in [3.63, 3.8) is 0 Å². The highest BCUT2D eigenvalue weighted by atomic mass is 31.2. The highest BCUT2D eigenvalue weighted by Gasteiger charge is 2.46. The number of hydrogen-bond donors (Lipinski definition) is 4. The van der Waals surface area contributed by atoms with Crippen LogP contribution in [0.2, 0.25) is 0 Å². The van der Waals surface area contributed by atoms with Gasteiger partial charge in [0.15, 0.2) is 5.82 Å². The van der Waals surface area contributed by atoms with Crippen LogP contribution in [0, 0.1) is 0 Å². The first-order valence-corrected chi connectivity index (χ1v) is 9.63. The number of ether oxygens (including phenoxy) is 3. The fraction of sp³-hybridized carbons (Fsp3) is 0.533. The van der Waals surface area contributed by atoms with Gasteiger partial charge in [0.05, 0.1) is 25.8 Å². The van der Waals surface area contributed by atoms with Gasteiger partial charge in [0, 0.05) is 12.3 Å². The maximum Gasteiger partial charge on any atom is 0.356 e. The summed E-state index contributed by atoms with van der Waals surface area (Å²) in [5.41, 5.74) is 0.635. The Morgan fingerprint density at radius 2 is 2.12 bits per heavy atom. The molecule has 2 rings (SSSR count). The van der Waals surface area contributed by atoms with Gasteiger partial charge in [-0.25, -0.2) is 9.79 Å². The molecule has 1 aliphatic rings. The van der Waals surface area contributed by atoms with Gasteiger partial charge in [-0.15, -0.1) is 0 Å². The van der Waals surface area contributed by atoms with Crippen molar-refractivity contribution in [2.24, 2.45) is 0 Å². The van der Waals surface area contributed by atoms with Crippen LogP contribution in [-0.2, 0) is 14.2 Å². The van der Waals surface area contributed by atoms with Gasteiger partial charge in [-0.1, -0.05) is 0 Å². The first kappa shape index (κ1) is 19.1. The predicted molar refractivity (Wildman–Crippen MR) is 90.2 cm³/mol. The van der Waals surface area contributed by atoms with Crippen molar-refractivity contribution in [2.75, 3.05) is 26.4 Å². The lowest BCUT2D eigenvalue weighted by Crippen LogP contribution is -2.34. The molecule has 0 aliphatic carbocycles. The SMILES string of the molecule is CCOC(OCC)[P+](O)(O)C=C1CN[C@H](c2cc[nH]c(=O)c2)CO1. The second-order valence-electron chi connectivity index (χ2n) is 5.24. The van der Waals surface area contributed by atoms with Crippen molar-refractivity contribution < 1.29 is 24.0 Å². The zero-order chi connectivity index (χ0) is 17.6. The molecule has 1 aromatic rings. The molecule has 0 unspecified atom stereocenters. The Morgan fingerprint density at radius 3 is 2.67 bits per heavy atom. The lowest BCUT2D eigenvalue weighted by Gasteiger charge is -2.27. The van der Waals surface area contributed by atoms with Gasteiger partial charge < -0.3 is 19.2 Å². The van der Waals surface area contributed by atoms with Crippen LogP contribution in [0.15, 0.2) is 34.7 Å². The smallest absolute Gasteiger partial charge is 0.356 e.